The van der Waals surface area contributed by atoms with Gasteiger partial charge in [-0.25, -0.2) is 0 Å². The molecule has 4 rings (SSSR count). The van der Waals surface area contributed by atoms with Gasteiger partial charge < -0.3 is 10.1 Å². The molecular weight excluding hydrogens is 336 g/mol. The quantitative estimate of drug-likeness (QED) is 0.901. The van der Waals surface area contributed by atoms with Gasteiger partial charge in [0.25, 0.3) is 0 Å². The minimum absolute atomic E-state index is 0.0932. The Morgan fingerprint density at radius 3 is 2.70 bits per heavy atom. The number of rotatable bonds is 4. The van der Waals surface area contributed by atoms with Crippen molar-refractivity contribution in [1.29, 1.82) is 0 Å². The van der Waals surface area contributed by atoms with Crippen molar-refractivity contribution in [1.82, 2.24) is 5.32 Å². The third kappa shape index (κ3) is 3.43. The second kappa shape index (κ2) is 7.23. The Kier molecular flexibility index (Phi) is 4.63. The molecule has 1 N–H and O–H groups in total. The maximum atomic E-state index is 11.6. The van der Waals surface area contributed by atoms with Gasteiger partial charge in [0.05, 0.1) is 13.7 Å². The van der Waals surface area contributed by atoms with E-state index in [-0.39, 0.29) is 11.8 Å². The van der Waals surface area contributed by atoms with Gasteiger partial charge in [-0.2, -0.15) is 0 Å². The number of hydrogen-bond donors (Lipinski definition) is 1. The monoisotopic (exact) mass is 358 g/mol. The van der Waals surface area contributed by atoms with E-state index in [9.17, 15) is 4.79 Å². The van der Waals surface area contributed by atoms with Crippen LogP contribution < -0.4 is 10.1 Å². The standard InChI is InChI=1S/C23H22N2O2/c1-15(26)25-23-20(11-12-24-23)22-14-17-5-3-4-6-19(17)21(22)13-16-7-9-18(27-2)10-8-16/h3-11,14,21H,12-13H2,1-2H3,(H,24,25,26). The first-order valence-electron chi connectivity index (χ1n) is 9.12. The SMILES string of the molecule is COc1ccc(CC2C(C3=CCN=C3NC(C)=O)=Cc3ccccc32)cc1. The number of hydrogen-bond acceptors (Lipinski definition) is 3. The van der Waals surface area contributed by atoms with Crippen LogP contribution >= 0.6 is 0 Å². The van der Waals surface area contributed by atoms with Crippen molar-refractivity contribution in [3.63, 3.8) is 0 Å². The number of carbonyl (C=O) groups is 1. The zero-order valence-corrected chi connectivity index (χ0v) is 15.5. The topological polar surface area (TPSA) is 50.7 Å². The number of aliphatic imine (C=N–C) groups is 1. The van der Waals surface area contributed by atoms with Gasteiger partial charge in [-0.3, -0.25) is 9.79 Å². The third-order valence-electron chi connectivity index (χ3n) is 5.06. The number of fused-ring (bicyclic) bond motifs is 1. The van der Waals surface area contributed by atoms with Crippen LogP contribution in [0.4, 0.5) is 0 Å². The molecule has 0 aromatic heterocycles. The molecule has 2 aromatic carbocycles. The minimum atomic E-state index is -0.0932. The van der Waals surface area contributed by atoms with Crippen molar-refractivity contribution in [2.45, 2.75) is 19.3 Å². The van der Waals surface area contributed by atoms with Gasteiger partial charge in [0.15, 0.2) is 0 Å². The number of carbonyl (C=O) groups excluding carboxylic acids is 1. The summed E-state index contributed by atoms with van der Waals surface area (Å²) in [5.74, 6) is 1.68. The van der Waals surface area contributed by atoms with E-state index >= 15 is 0 Å². The number of nitrogens with zero attached hydrogens (tertiary/aromatic N) is 1. The van der Waals surface area contributed by atoms with E-state index in [4.69, 9.17) is 4.74 Å². The van der Waals surface area contributed by atoms with Crippen molar-refractivity contribution < 1.29 is 9.53 Å². The van der Waals surface area contributed by atoms with Crippen molar-refractivity contribution >= 4 is 17.8 Å². The molecule has 136 valence electrons. The lowest BCUT2D eigenvalue weighted by atomic mass is 9.85. The van der Waals surface area contributed by atoms with Crippen molar-refractivity contribution in [2.75, 3.05) is 13.7 Å². The molecule has 1 heterocycles. The second-order valence-corrected chi connectivity index (χ2v) is 6.82. The molecule has 0 bridgehead atoms. The molecule has 1 atom stereocenters. The van der Waals surface area contributed by atoms with E-state index in [1.54, 1.807) is 7.11 Å². The molecule has 27 heavy (non-hydrogen) atoms. The van der Waals surface area contributed by atoms with Gasteiger partial charge in [-0.1, -0.05) is 48.6 Å². The molecule has 0 radical (unpaired) electrons. The number of ether oxygens (including phenoxy) is 1. The number of amidine groups is 1. The Balaban J connectivity index is 1.67. The molecule has 0 saturated heterocycles. The van der Waals surface area contributed by atoms with Crippen LogP contribution in [0.2, 0.25) is 0 Å². The zero-order valence-electron chi connectivity index (χ0n) is 15.5. The summed E-state index contributed by atoms with van der Waals surface area (Å²) in [5.41, 5.74) is 6.07. The van der Waals surface area contributed by atoms with E-state index in [1.807, 2.05) is 12.1 Å². The lowest BCUT2D eigenvalue weighted by molar-refractivity contribution is -0.117. The summed E-state index contributed by atoms with van der Waals surface area (Å²) in [6.45, 7) is 2.12. The highest BCUT2D eigenvalue weighted by Gasteiger charge is 2.30. The van der Waals surface area contributed by atoms with Gasteiger partial charge in [-0.15, -0.1) is 0 Å². The molecule has 4 heteroatoms. The zero-order chi connectivity index (χ0) is 18.8. The molecule has 0 spiro atoms. The van der Waals surface area contributed by atoms with E-state index in [2.05, 4.69) is 58.9 Å². The van der Waals surface area contributed by atoms with Crippen LogP contribution in [0.5, 0.6) is 5.75 Å². The van der Waals surface area contributed by atoms with E-state index in [1.165, 1.54) is 29.2 Å². The fraction of sp³-hybridized carbons (Fsp3) is 0.217. The largest absolute Gasteiger partial charge is 0.497 e. The minimum Gasteiger partial charge on any atom is -0.497 e. The molecule has 1 aliphatic carbocycles. The molecule has 4 nitrogen and oxygen atoms in total. The van der Waals surface area contributed by atoms with Crippen molar-refractivity contribution in [2.24, 2.45) is 4.99 Å². The van der Waals surface area contributed by atoms with Gasteiger partial charge >= 0.3 is 0 Å². The van der Waals surface area contributed by atoms with Crippen LogP contribution in [0, 0.1) is 0 Å². The molecule has 2 aromatic rings. The highest BCUT2D eigenvalue weighted by Crippen LogP contribution is 2.42. The van der Waals surface area contributed by atoms with Crippen molar-refractivity contribution in [3.05, 3.63) is 82.4 Å². The predicted molar refractivity (Wildman–Crippen MR) is 108 cm³/mol. The first-order chi connectivity index (χ1) is 13.2. The molecule has 0 saturated carbocycles. The average Bonchev–Trinajstić information content (AvgIpc) is 3.26. The van der Waals surface area contributed by atoms with Crippen LogP contribution in [0.25, 0.3) is 6.08 Å². The molecule has 1 amide bonds. The summed E-state index contributed by atoms with van der Waals surface area (Å²) < 4.78 is 5.27. The smallest absolute Gasteiger partial charge is 0.222 e. The molecule has 1 aliphatic heterocycles. The summed E-state index contributed by atoms with van der Waals surface area (Å²) in [7, 11) is 1.68. The Bertz CT molecular complexity index is 968. The maximum Gasteiger partial charge on any atom is 0.222 e. The summed E-state index contributed by atoms with van der Waals surface area (Å²) >= 11 is 0. The van der Waals surface area contributed by atoms with Crippen LogP contribution in [-0.4, -0.2) is 25.4 Å². The van der Waals surface area contributed by atoms with Gasteiger partial charge in [0.2, 0.25) is 5.91 Å². The highest BCUT2D eigenvalue weighted by molar-refractivity contribution is 6.12. The Morgan fingerprint density at radius 2 is 1.96 bits per heavy atom. The van der Waals surface area contributed by atoms with E-state index in [0.717, 1.165) is 17.7 Å². The van der Waals surface area contributed by atoms with Crippen LogP contribution in [-0.2, 0) is 11.2 Å². The number of nitrogens with one attached hydrogen (secondary N) is 1. The second-order valence-electron chi connectivity index (χ2n) is 6.82. The van der Waals surface area contributed by atoms with Crippen LogP contribution in [0.1, 0.15) is 29.5 Å². The van der Waals surface area contributed by atoms with Gasteiger partial charge in [0, 0.05) is 18.4 Å². The Labute approximate surface area is 159 Å². The third-order valence-corrected chi connectivity index (χ3v) is 5.06. The molecule has 1 unspecified atom stereocenters. The highest BCUT2D eigenvalue weighted by atomic mass is 16.5. The normalized spacial score (nSPS) is 17.7. The summed E-state index contributed by atoms with van der Waals surface area (Å²) in [6, 6.07) is 16.7. The lowest BCUT2D eigenvalue weighted by Gasteiger charge is -2.19. The van der Waals surface area contributed by atoms with Gasteiger partial charge in [-0.05, 0) is 40.8 Å². The van der Waals surface area contributed by atoms with Crippen LogP contribution in [0.15, 0.2) is 70.7 Å². The molecular formula is C23H22N2O2. The number of methoxy groups -OCH3 is 1. The summed E-state index contributed by atoms with van der Waals surface area (Å²) in [4.78, 5) is 16.0. The molecule has 2 aliphatic rings. The first kappa shape index (κ1) is 17.3. The summed E-state index contributed by atoms with van der Waals surface area (Å²) in [6.07, 6.45) is 5.22. The Morgan fingerprint density at radius 1 is 1.19 bits per heavy atom. The number of amides is 1. The van der Waals surface area contributed by atoms with E-state index < -0.39 is 0 Å². The van der Waals surface area contributed by atoms with Gasteiger partial charge in [0.1, 0.15) is 11.6 Å². The number of benzene rings is 2. The Hall–Kier alpha value is -3.14. The maximum absolute atomic E-state index is 11.6. The first-order valence-corrected chi connectivity index (χ1v) is 9.12. The lowest BCUT2D eigenvalue weighted by Crippen LogP contribution is -2.29. The van der Waals surface area contributed by atoms with E-state index in [0.29, 0.717) is 12.4 Å². The molecule has 0 fully saturated rings. The van der Waals surface area contributed by atoms with Crippen LogP contribution in [0.3, 0.4) is 0 Å². The fourth-order valence-corrected chi connectivity index (χ4v) is 3.82. The predicted octanol–water partition coefficient (Wildman–Crippen LogP) is 3.89. The van der Waals surface area contributed by atoms with Crippen molar-refractivity contribution in [3.8, 4) is 5.75 Å². The fourth-order valence-electron chi connectivity index (χ4n) is 3.82. The summed E-state index contributed by atoms with van der Waals surface area (Å²) in [5, 5.41) is 2.88. The average molecular weight is 358 g/mol.